The van der Waals surface area contributed by atoms with Gasteiger partial charge in [-0.3, -0.25) is 4.98 Å². The minimum absolute atomic E-state index is 0.251. The molecule has 0 spiro atoms. The van der Waals surface area contributed by atoms with Crippen molar-refractivity contribution in [2.45, 2.75) is 12.8 Å². The molecule has 0 bridgehead atoms. The number of nitrogens with zero attached hydrogens (tertiary/aromatic N) is 1. The van der Waals surface area contributed by atoms with Crippen molar-refractivity contribution in [1.82, 2.24) is 4.98 Å². The maximum absolute atomic E-state index is 13.1. The first-order valence-corrected chi connectivity index (χ1v) is 5.52. The summed E-state index contributed by atoms with van der Waals surface area (Å²) in [6, 6.07) is 10.3. The van der Waals surface area contributed by atoms with E-state index in [9.17, 15) is 4.39 Å². The van der Waals surface area contributed by atoms with E-state index >= 15 is 0 Å². The highest BCUT2D eigenvalue weighted by atomic mass is 35.5. The van der Waals surface area contributed by atoms with Crippen molar-refractivity contribution in [2.24, 2.45) is 0 Å². The number of rotatable bonds is 2. The van der Waals surface area contributed by atoms with Crippen molar-refractivity contribution in [3.05, 3.63) is 53.6 Å². The zero-order chi connectivity index (χ0) is 11.5. The predicted octanol–water partition coefficient (Wildman–Crippen LogP) is 3.93. The molecule has 1 aromatic heterocycles. The Kier molecular flexibility index (Phi) is 3.20. The lowest BCUT2D eigenvalue weighted by atomic mass is 10.0. The maximum Gasteiger partial charge on any atom is 0.123 e. The van der Waals surface area contributed by atoms with Gasteiger partial charge in [-0.15, -0.1) is 11.6 Å². The van der Waals surface area contributed by atoms with Crippen molar-refractivity contribution in [2.75, 3.05) is 0 Å². The van der Waals surface area contributed by atoms with Crippen molar-refractivity contribution >= 4 is 11.6 Å². The second kappa shape index (κ2) is 4.62. The fraction of sp³-hybridized carbons (Fsp3) is 0.154. The summed E-state index contributed by atoms with van der Waals surface area (Å²) in [6.07, 6.45) is 0. The highest BCUT2D eigenvalue weighted by molar-refractivity contribution is 6.17. The molecule has 0 aliphatic heterocycles. The van der Waals surface area contributed by atoms with E-state index < -0.39 is 0 Å². The van der Waals surface area contributed by atoms with Crippen LogP contribution in [0.3, 0.4) is 0 Å². The van der Waals surface area contributed by atoms with Gasteiger partial charge in [0.15, 0.2) is 0 Å². The van der Waals surface area contributed by atoms with E-state index in [0.717, 1.165) is 22.5 Å². The smallest absolute Gasteiger partial charge is 0.123 e. The number of hydrogen-bond donors (Lipinski definition) is 0. The van der Waals surface area contributed by atoms with Crippen LogP contribution < -0.4 is 0 Å². The number of aryl methyl sites for hydroxylation is 1. The standard InChI is InChI=1S/C13H11ClFN/c1-9-5-6-12(13(8-14)16-9)10-3-2-4-11(15)7-10/h2-7H,8H2,1H3. The minimum atomic E-state index is -0.251. The Morgan fingerprint density at radius 3 is 2.75 bits per heavy atom. The minimum Gasteiger partial charge on any atom is -0.256 e. The zero-order valence-electron chi connectivity index (χ0n) is 8.87. The van der Waals surface area contributed by atoms with Crippen LogP contribution in [0.5, 0.6) is 0 Å². The summed E-state index contributed by atoms with van der Waals surface area (Å²) in [5.74, 6) is 0.0756. The van der Waals surface area contributed by atoms with Crippen molar-refractivity contribution < 1.29 is 4.39 Å². The summed E-state index contributed by atoms with van der Waals surface area (Å²) in [4.78, 5) is 4.34. The zero-order valence-corrected chi connectivity index (χ0v) is 9.63. The molecule has 82 valence electrons. The van der Waals surface area contributed by atoms with Crippen LogP contribution in [0, 0.1) is 12.7 Å². The normalized spacial score (nSPS) is 10.4. The second-order valence-electron chi connectivity index (χ2n) is 3.59. The predicted molar refractivity (Wildman–Crippen MR) is 63.9 cm³/mol. The monoisotopic (exact) mass is 235 g/mol. The van der Waals surface area contributed by atoms with Crippen LogP contribution in [0.4, 0.5) is 4.39 Å². The fourth-order valence-electron chi connectivity index (χ4n) is 1.63. The number of pyridine rings is 1. The van der Waals surface area contributed by atoms with Crippen LogP contribution in [-0.2, 0) is 5.88 Å². The molecule has 0 aliphatic rings. The Morgan fingerprint density at radius 2 is 2.06 bits per heavy atom. The number of aromatic nitrogens is 1. The van der Waals surface area contributed by atoms with Crippen LogP contribution in [-0.4, -0.2) is 4.98 Å². The summed E-state index contributed by atoms with van der Waals surface area (Å²) < 4.78 is 13.1. The van der Waals surface area contributed by atoms with Gasteiger partial charge in [0.1, 0.15) is 5.82 Å². The number of benzene rings is 1. The van der Waals surface area contributed by atoms with Gasteiger partial charge in [0.2, 0.25) is 0 Å². The van der Waals surface area contributed by atoms with Gasteiger partial charge in [-0.2, -0.15) is 0 Å². The van der Waals surface area contributed by atoms with Crippen LogP contribution in [0.1, 0.15) is 11.4 Å². The molecule has 1 aromatic carbocycles. The van der Waals surface area contributed by atoms with Gasteiger partial charge in [-0.05, 0) is 30.7 Å². The quantitative estimate of drug-likeness (QED) is 0.719. The molecule has 1 heterocycles. The third kappa shape index (κ3) is 2.22. The van der Waals surface area contributed by atoms with E-state index in [-0.39, 0.29) is 5.82 Å². The van der Waals surface area contributed by atoms with Gasteiger partial charge in [0.25, 0.3) is 0 Å². The second-order valence-corrected chi connectivity index (χ2v) is 3.86. The first kappa shape index (κ1) is 11.1. The average Bonchev–Trinajstić information content (AvgIpc) is 2.28. The van der Waals surface area contributed by atoms with Crippen molar-refractivity contribution in [3.8, 4) is 11.1 Å². The van der Waals surface area contributed by atoms with Crippen LogP contribution in [0.15, 0.2) is 36.4 Å². The first-order chi connectivity index (χ1) is 7.70. The van der Waals surface area contributed by atoms with Gasteiger partial charge in [0.05, 0.1) is 11.6 Å². The largest absolute Gasteiger partial charge is 0.256 e. The molecular weight excluding hydrogens is 225 g/mol. The number of alkyl halides is 1. The molecule has 1 nitrogen and oxygen atoms in total. The molecule has 0 aliphatic carbocycles. The van der Waals surface area contributed by atoms with Gasteiger partial charge >= 0.3 is 0 Å². The van der Waals surface area contributed by atoms with Gasteiger partial charge in [-0.1, -0.05) is 18.2 Å². The molecule has 2 aromatic rings. The molecule has 3 heteroatoms. The molecule has 2 rings (SSSR count). The van der Waals surface area contributed by atoms with Crippen LogP contribution in [0.25, 0.3) is 11.1 Å². The highest BCUT2D eigenvalue weighted by Crippen LogP contribution is 2.24. The van der Waals surface area contributed by atoms with Crippen molar-refractivity contribution in [3.63, 3.8) is 0 Å². The molecule has 0 N–H and O–H groups in total. The lowest BCUT2D eigenvalue weighted by molar-refractivity contribution is 0.628. The summed E-state index contributed by atoms with van der Waals surface area (Å²) in [6.45, 7) is 1.91. The molecule has 0 fully saturated rings. The van der Waals surface area contributed by atoms with E-state index in [2.05, 4.69) is 4.98 Å². The lowest BCUT2D eigenvalue weighted by Crippen LogP contribution is -1.93. The Morgan fingerprint density at radius 1 is 1.25 bits per heavy atom. The lowest BCUT2D eigenvalue weighted by Gasteiger charge is -2.07. The average molecular weight is 236 g/mol. The van der Waals surface area contributed by atoms with Gasteiger partial charge in [0, 0.05) is 11.3 Å². The third-order valence-electron chi connectivity index (χ3n) is 2.38. The van der Waals surface area contributed by atoms with E-state index in [1.54, 1.807) is 6.07 Å². The summed E-state index contributed by atoms with van der Waals surface area (Å²) in [7, 11) is 0. The van der Waals surface area contributed by atoms with Gasteiger partial charge in [-0.25, -0.2) is 4.39 Å². The van der Waals surface area contributed by atoms with Crippen LogP contribution in [0.2, 0.25) is 0 Å². The number of halogens is 2. The van der Waals surface area contributed by atoms with Crippen LogP contribution >= 0.6 is 11.6 Å². The molecule has 16 heavy (non-hydrogen) atoms. The molecule has 0 radical (unpaired) electrons. The van der Waals surface area contributed by atoms with E-state index in [1.165, 1.54) is 12.1 Å². The van der Waals surface area contributed by atoms with E-state index in [1.807, 2.05) is 25.1 Å². The summed E-state index contributed by atoms with van der Waals surface area (Å²) >= 11 is 5.84. The highest BCUT2D eigenvalue weighted by Gasteiger charge is 2.06. The Bertz CT molecular complexity index is 511. The Balaban J connectivity index is 2.55. The SMILES string of the molecule is Cc1ccc(-c2cccc(F)c2)c(CCl)n1. The van der Waals surface area contributed by atoms with E-state index in [0.29, 0.717) is 5.88 Å². The van der Waals surface area contributed by atoms with Crippen molar-refractivity contribution in [1.29, 1.82) is 0 Å². The first-order valence-electron chi connectivity index (χ1n) is 4.99. The third-order valence-corrected chi connectivity index (χ3v) is 2.63. The molecule has 0 unspecified atom stereocenters. The van der Waals surface area contributed by atoms with Gasteiger partial charge < -0.3 is 0 Å². The summed E-state index contributed by atoms with van der Waals surface area (Å²) in [5, 5.41) is 0. The Labute approximate surface area is 98.9 Å². The molecule has 0 saturated heterocycles. The fourth-order valence-corrected chi connectivity index (χ4v) is 1.83. The number of hydrogen-bond acceptors (Lipinski definition) is 1. The molecule has 0 atom stereocenters. The maximum atomic E-state index is 13.1. The Hall–Kier alpha value is -1.41. The molecule has 0 saturated carbocycles. The summed E-state index contributed by atoms with van der Waals surface area (Å²) in [5.41, 5.74) is 3.39. The van der Waals surface area contributed by atoms with E-state index in [4.69, 9.17) is 11.6 Å². The topological polar surface area (TPSA) is 12.9 Å². The molecule has 0 amide bonds. The molecular formula is C13H11ClFN.